The van der Waals surface area contributed by atoms with Gasteiger partial charge in [0.2, 0.25) is 9.84 Å². The van der Waals surface area contributed by atoms with E-state index in [1.807, 2.05) is 0 Å². The predicted molar refractivity (Wildman–Crippen MR) is 180 cm³/mol. The summed E-state index contributed by atoms with van der Waals surface area (Å²) in [5, 5.41) is 0. The maximum absolute atomic E-state index is 13.2. The van der Waals surface area contributed by atoms with Crippen molar-refractivity contribution in [1.29, 1.82) is 0 Å². The smallest absolute Gasteiger partial charge is 0.343 e. The molecule has 0 unspecified atom stereocenters. The SMILES string of the molecule is CCCCCCOc1ccc(C(=O)Oc2ccc(S(=O)(=O)c3ccc(OC(=O)c4ccc(OCCCCCC)cc4)cc3)cc2)cc1. The van der Waals surface area contributed by atoms with Crippen LogP contribution in [0.2, 0.25) is 0 Å². The lowest BCUT2D eigenvalue weighted by Crippen LogP contribution is -2.09. The monoisotopic (exact) mass is 658 g/mol. The molecule has 0 aliphatic carbocycles. The highest BCUT2D eigenvalue weighted by molar-refractivity contribution is 7.91. The van der Waals surface area contributed by atoms with Crippen molar-refractivity contribution in [3.63, 3.8) is 0 Å². The third-order valence-corrected chi connectivity index (χ3v) is 9.19. The highest BCUT2D eigenvalue weighted by Crippen LogP contribution is 2.26. The molecule has 0 aromatic heterocycles. The Labute approximate surface area is 277 Å². The summed E-state index contributed by atoms with van der Waals surface area (Å²) < 4.78 is 48.7. The fourth-order valence-corrected chi connectivity index (χ4v) is 5.91. The molecule has 0 atom stereocenters. The van der Waals surface area contributed by atoms with Gasteiger partial charge in [-0.25, -0.2) is 18.0 Å². The van der Waals surface area contributed by atoms with Crippen LogP contribution in [0.5, 0.6) is 23.0 Å². The minimum Gasteiger partial charge on any atom is -0.494 e. The number of rotatable bonds is 18. The summed E-state index contributed by atoms with van der Waals surface area (Å²) in [7, 11) is -3.88. The summed E-state index contributed by atoms with van der Waals surface area (Å²) in [6.07, 6.45) is 8.89. The zero-order valence-electron chi connectivity index (χ0n) is 27.0. The van der Waals surface area contributed by atoms with Crippen molar-refractivity contribution in [2.24, 2.45) is 0 Å². The van der Waals surface area contributed by atoms with Crippen molar-refractivity contribution in [2.45, 2.75) is 75.0 Å². The lowest BCUT2D eigenvalue weighted by Gasteiger charge is -2.09. The molecule has 0 bridgehead atoms. The topological polar surface area (TPSA) is 105 Å². The summed E-state index contributed by atoms with van der Waals surface area (Å²) in [5.74, 6) is 0.646. The third-order valence-electron chi connectivity index (χ3n) is 7.40. The van der Waals surface area contributed by atoms with Gasteiger partial charge in [-0.1, -0.05) is 52.4 Å². The highest BCUT2D eigenvalue weighted by atomic mass is 32.2. The van der Waals surface area contributed by atoms with Crippen LogP contribution in [0, 0.1) is 0 Å². The average Bonchev–Trinajstić information content (AvgIpc) is 3.09. The highest BCUT2D eigenvalue weighted by Gasteiger charge is 2.19. The Kier molecular flexibility index (Phi) is 13.4. The largest absolute Gasteiger partial charge is 0.494 e. The molecule has 0 aliphatic heterocycles. The maximum atomic E-state index is 13.2. The molecule has 9 heteroatoms. The molecule has 4 rings (SSSR count). The van der Waals surface area contributed by atoms with Crippen LogP contribution in [-0.4, -0.2) is 33.6 Å². The third kappa shape index (κ3) is 10.7. The van der Waals surface area contributed by atoms with Crippen LogP contribution in [0.1, 0.15) is 85.9 Å². The van der Waals surface area contributed by atoms with Gasteiger partial charge in [0.1, 0.15) is 23.0 Å². The van der Waals surface area contributed by atoms with Crippen molar-refractivity contribution < 1.29 is 37.0 Å². The van der Waals surface area contributed by atoms with Gasteiger partial charge in [-0.15, -0.1) is 0 Å². The number of benzene rings is 4. The van der Waals surface area contributed by atoms with Crippen molar-refractivity contribution in [3.8, 4) is 23.0 Å². The number of esters is 2. The fraction of sp³-hybridized carbons (Fsp3) is 0.316. The molecule has 4 aromatic carbocycles. The Morgan fingerprint density at radius 3 is 1.15 bits per heavy atom. The number of carbonyl (C=O) groups excluding carboxylic acids is 2. The van der Waals surface area contributed by atoms with Gasteiger partial charge in [-0.05, 0) is 110 Å². The number of sulfone groups is 1. The van der Waals surface area contributed by atoms with Crippen LogP contribution < -0.4 is 18.9 Å². The van der Waals surface area contributed by atoms with E-state index in [1.165, 1.54) is 61.4 Å². The molecule has 8 nitrogen and oxygen atoms in total. The molecule has 0 fully saturated rings. The van der Waals surface area contributed by atoms with E-state index < -0.39 is 21.8 Å². The molecule has 0 aliphatic rings. The maximum Gasteiger partial charge on any atom is 0.343 e. The summed E-state index contributed by atoms with van der Waals surface area (Å²) in [5.41, 5.74) is 0.694. The molecule has 0 N–H and O–H groups in total. The Morgan fingerprint density at radius 1 is 0.468 bits per heavy atom. The summed E-state index contributed by atoms with van der Waals surface area (Å²) in [4.78, 5) is 25.3. The first kappa shape index (κ1) is 35.2. The molecule has 0 radical (unpaired) electrons. The van der Waals surface area contributed by atoms with E-state index in [2.05, 4.69) is 13.8 Å². The number of hydrogen-bond acceptors (Lipinski definition) is 8. The standard InChI is InChI=1S/C38H42O8S/c1-3-5-7-9-27-43-31-15-11-29(12-16-31)37(39)45-33-19-23-35(24-20-33)47(41,42)36-25-21-34(22-26-36)46-38(40)30-13-17-32(18-14-30)44-28-10-8-6-4-2/h11-26H,3-10,27-28H2,1-2H3. The molecular formula is C38H42O8S. The quantitative estimate of drug-likeness (QED) is 0.0593. The second-order valence-corrected chi connectivity index (χ2v) is 13.0. The lowest BCUT2D eigenvalue weighted by atomic mass is 10.2. The van der Waals surface area contributed by atoms with Crippen LogP contribution in [0.4, 0.5) is 0 Å². The minimum absolute atomic E-state index is 0.0233. The second kappa shape index (κ2) is 17.9. The van der Waals surface area contributed by atoms with Crippen molar-refractivity contribution in [2.75, 3.05) is 13.2 Å². The van der Waals surface area contributed by atoms with E-state index in [-0.39, 0.29) is 21.3 Å². The van der Waals surface area contributed by atoms with Crippen LogP contribution in [0.25, 0.3) is 0 Å². The first-order valence-corrected chi connectivity index (χ1v) is 17.6. The molecule has 0 amide bonds. The molecule has 47 heavy (non-hydrogen) atoms. The Hall–Kier alpha value is -4.63. The molecule has 0 heterocycles. The van der Waals surface area contributed by atoms with Crippen molar-refractivity contribution in [1.82, 2.24) is 0 Å². The van der Waals surface area contributed by atoms with Gasteiger partial charge in [-0.2, -0.15) is 0 Å². The zero-order valence-corrected chi connectivity index (χ0v) is 27.8. The molecule has 0 spiro atoms. The summed E-state index contributed by atoms with van der Waals surface area (Å²) in [6.45, 7) is 5.57. The van der Waals surface area contributed by atoms with E-state index in [0.29, 0.717) is 35.8 Å². The Bertz CT molecular complexity index is 1540. The van der Waals surface area contributed by atoms with Crippen molar-refractivity contribution >= 4 is 21.8 Å². The molecule has 0 saturated heterocycles. The first-order chi connectivity index (χ1) is 22.8. The van der Waals surface area contributed by atoms with Gasteiger partial charge < -0.3 is 18.9 Å². The van der Waals surface area contributed by atoms with E-state index >= 15 is 0 Å². The number of carbonyl (C=O) groups is 2. The van der Waals surface area contributed by atoms with Crippen LogP contribution >= 0.6 is 0 Å². The molecule has 0 saturated carbocycles. The van der Waals surface area contributed by atoms with Gasteiger partial charge in [0.25, 0.3) is 0 Å². The number of ether oxygens (including phenoxy) is 4. The zero-order chi connectivity index (χ0) is 33.5. The van der Waals surface area contributed by atoms with E-state index in [9.17, 15) is 18.0 Å². The summed E-state index contributed by atoms with van der Waals surface area (Å²) in [6, 6.07) is 24.6. The Balaban J connectivity index is 1.28. The van der Waals surface area contributed by atoms with E-state index in [4.69, 9.17) is 18.9 Å². The van der Waals surface area contributed by atoms with Crippen LogP contribution in [-0.2, 0) is 9.84 Å². The minimum atomic E-state index is -3.88. The predicted octanol–water partition coefficient (Wildman–Crippen LogP) is 8.88. The van der Waals surface area contributed by atoms with Gasteiger partial charge in [0.15, 0.2) is 0 Å². The van der Waals surface area contributed by atoms with Crippen molar-refractivity contribution in [3.05, 3.63) is 108 Å². The Morgan fingerprint density at radius 2 is 0.809 bits per heavy atom. The lowest BCUT2D eigenvalue weighted by molar-refractivity contribution is 0.0725. The average molecular weight is 659 g/mol. The van der Waals surface area contributed by atoms with Gasteiger partial charge >= 0.3 is 11.9 Å². The van der Waals surface area contributed by atoms with Crippen LogP contribution in [0.15, 0.2) is 107 Å². The van der Waals surface area contributed by atoms with E-state index in [0.717, 1.165) is 38.5 Å². The van der Waals surface area contributed by atoms with Gasteiger partial charge in [0.05, 0.1) is 34.1 Å². The van der Waals surface area contributed by atoms with Gasteiger partial charge in [0, 0.05) is 0 Å². The first-order valence-electron chi connectivity index (χ1n) is 16.2. The molecule has 248 valence electrons. The number of unbranched alkanes of at least 4 members (excludes halogenated alkanes) is 6. The van der Waals surface area contributed by atoms with Crippen LogP contribution in [0.3, 0.4) is 0 Å². The molecule has 4 aromatic rings. The van der Waals surface area contributed by atoms with Gasteiger partial charge in [-0.3, -0.25) is 0 Å². The number of hydrogen-bond donors (Lipinski definition) is 0. The van der Waals surface area contributed by atoms with E-state index in [1.54, 1.807) is 48.5 Å². The summed E-state index contributed by atoms with van der Waals surface area (Å²) >= 11 is 0. The molecular weight excluding hydrogens is 616 g/mol. The normalized spacial score (nSPS) is 11.1. The second-order valence-electron chi connectivity index (χ2n) is 11.1. The fourth-order valence-electron chi connectivity index (χ4n) is 4.65.